The summed E-state index contributed by atoms with van der Waals surface area (Å²) in [6.07, 6.45) is 6.87. The van der Waals surface area contributed by atoms with Crippen molar-refractivity contribution in [3.8, 4) is 0 Å². The predicted molar refractivity (Wildman–Crippen MR) is 128 cm³/mol. The topological polar surface area (TPSA) is 31.2 Å². The third kappa shape index (κ3) is 4.25. The Bertz CT molecular complexity index is 1190. The Kier molecular flexibility index (Phi) is 5.78. The zero-order chi connectivity index (χ0) is 21.4. The number of aromatic nitrogens is 1. The quantitative estimate of drug-likeness (QED) is 0.352. The molecule has 0 bridgehead atoms. The van der Waals surface area contributed by atoms with Crippen LogP contribution in [0.2, 0.25) is 0 Å². The molecule has 0 aliphatic carbocycles. The lowest BCUT2D eigenvalue weighted by Gasteiger charge is -2.12. The van der Waals surface area contributed by atoms with E-state index in [1.54, 1.807) is 12.1 Å². The smallest absolute Gasteiger partial charge is 0.178 e. The second-order valence-electron chi connectivity index (χ2n) is 8.08. The fourth-order valence-electron chi connectivity index (χ4n) is 4.40. The van der Waals surface area contributed by atoms with E-state index >= 15 is 0 Å². The Balaban J connectivity index is 1.45. The van der Waals surface area contributed by atoms with Crippen molar-refractivity contribution in [1.29, 1.82) is 0 Å². The summed E-state index contributed by atoms with van der Waals surface area (Å²) in [6, 6.07) is 14.7. The summed E-state index contributed by atoms with van der Waals surface area (Å²) < 4.78 is 22.2. The lowest BCUT2D eigenvalue weighted by Crippen LogP contribution is -2.20. The molecule has 0 amide bonds. The number of ether oxygens (including phenoxy) is 1. The van der Waals surface area contributed by atoms with Crippen LogP contribution in [0.1, 0.15) is 30.4 Å². The van der Waals surface area contributed by atoms with Crippen LogP contribution in [-0.4, -0.2) is 27.3 Å². The van der Waals surface area contributed by atoms with Crippen LogP contribution in [0.15, 0.2) is 59.6 Å². The number of thiocarbonyl (C=S) groups is 1. The Labute approximate surface area is 190 Å². The van der Waals surface area contributed by atoms with E-state index in [2.05, 4.69) is 10.6 Å². The highest BCUT2D eigenvalue weighted by Crippen LogP contribution is 2.40. The minimum Gasteiger partial charge on any atom is -0.378 e. The van der Waals surface area contributed by atoms with Gasteiger partial charge < -0.3 is 9.30 Å². The molecule has 2 aliphatic rings. The first-order valence-electron chi connectivity index (χ1n) is 10.5. The number of allylic oxidation sites excluding steroid dienone is 1. The average Bonchev–Trinajstić information content (AvgIpc) is 3.45. The Morgan fingerprint density at radius 3 is 2.90 bits per heavy atom. The second kappa shape index (κ2) is 8.69. The minimum absolute atomic E-state index is 0.104. The monoisotopic (exact) mass is 451 g/mol. The number of para-hydroxylation sites is 1. The van der Waals surface area contributed by atoms with Gasteiger partial charge in [0.15, 0.2) is 5.78 Å². The molecule has 0 saturated carbocycles. The first-order chi connectivity index (χ1) is 15.1. The summed E-state index contributed by atoms with van der Waals surface area (Å²) in [4.78, 5) is 13.8. The van der Waals surface area contributed by atoms with Crippen LogP contribution in [0.3, 0.4) is 0 Å². The number of fused-ring (bicyclic) bond motifs is 1. The fourth-order valence-corrected chi connectivity index (χ4v) is 5.86. The summed E-state index contributed by atoms with van der Waals surface area (Å²) >= 11 is 6.96. The number of Topliss-reactive ketones (excluding diaryl/α,β-unsaturated/α-hetero) is 1. The molecule has 2 aromatic carbocycles. The molecule has 0 unspecified atom stereocenters. The molecule has 3 heterocycles. The molecule has 0 radical (unpaired) electrons. The van der Waals surface area contributed by atoms with Gasteiger partial charge in [-0.15, -0.1) is 0 Å². The number of benzene rings is 2. The van der Waals surface area contributed by atoms with Gasteiger partial charge in [0.05, 0.1) is 21.1 Å². The normalized spacial score (nSPS) is 22.8. The summed E-state index contributed by atoms with van der Waals surface area (Å²) in [5.41, 5.74) is 2.92. The van der Waals surface area contributed by atoms with Gasteiger partial charge in [-0.2, -0.15) is 0 Å². The number of carbonyl (C=O) groups excluding carboxylic acids is 1. The molecule has 2 atom stereocenters. The minimum atomic E-state index is -0.241. The largest absolute Gasteiger partial charge is 0.378 e. The SMILES string of the molecule is O=C1/C(=C/c2cn(Cc3cccc(F)c3)c3ccccc23)SC(=S)[C@@H]1C[C@@H]1CCCO1. The maximum absolute atomic E-state index is 13.6. The van der Waals surface area contributed by atoms with E-state index in [1.165, 1.54) is 17.8 Å². The van der Waals surface area contributed by atoms with E-state index in [0.717, 1.165) is 45.7 Å². The van der Waals surface area contributed by atoms with Crippen molar-refractivity contribution >= 4 is 50.9 Å². The lowest BCUT2D eigenvalue weighted by molar-refractivity contribution is -0.117. The number of hydrogen-bond donors (Lipinski definition) is 0. The molecule has 1 aromatic heterocycles. The third-order valence-electron chi connectivity index (χ3n) is 5.92. The summed E-state index contributed by atoms with van der Waals surface area (Å²) in [7, 11) is 0. The molecule has 6 heteroatoms. The van der Waals surface area contributed by atoms with E-state index in [4.69, 9.17) is 17.0 Å². The molecule has 2 aliphatic heterocycles. The predicted octanol–water partition coefficient (Wildman–Crippen LogP) is 6.00. The first-order valence-corrected chi connectivity index (χ1v) is 11.7. The van der Waals surface area contributed by atoms with Crippen molar-refractivity contribution in [3.63, 3.8) is 0 Å². The highest BCUT2D eigenvalue weighted by atomic mass is 32.2. The van der Waals surface area contributed by atoms with E-state index in [1.807, 2.05) is 36.5 Å². The number of thioether (sulfide) groups is 1. The van der Waals surface area contributed by atoms with Gasteiger partial charge in [-0.25, -0.2) is 4.39 Å². The zero-order valence-electron chi connectivity index (χ0n) is 16.9. The van der Waals surface area contributed by atoms with Crippen LogP contribution in [0.5, 0.6) is 0 Å². The number of ketones is 1. The number of carbonyl (C=O) groups is 1. The lowest BCUT2D eigenvalue weighted by atomic mass is 9.96. The van der Waals surface area contributed by atoms with Crippen LogP contribution in [0.4, 0.5) is 4.39 Å². The molecule has 31 heavy (non-hydrogen) atoms. The van der Waals surface area contributed by atoms with Gasteiger partial charge in [0.25, 0.3) is 0 Å². The van der Waals surface area contributed by atoms with E-state index in [9.17, 15) is 9.18 Å². The molecular formula is C25H22FNO2S2. The average molecular weight is 452 g/mol. The van der Waals surface area contributed by atoms with Gasteiger partial charge in [-0.1, -0.05) is 54.3 Å². The summed E-state index contributed by atoms with van der Waals surface area (Å²) in [6.45, 7) is 1.33. The Morgan fingerprint density at radius 2 is 2.10 bits per heavy atom. The molecular weight excluding hydrogens is 429 g/mol. The Morgan fingerprint density at radius 1 is 1.23 bits per heavy atom. The molecule has 0 N–H and O–H groups in total. The summed E-state index contributed by atoms with van der Waals surface area (Å²) in [5.74, 6) is -0.377. The van der Waals surface area contributed by atoms with E-state index < -0.39 is 0 Å². The number of rotatable bonds is 5. The summed E-state index contributed by atoms with van der Waals surface area (Å²) in [5, 5.41) is 1.06. The molecule has 2 fully saturated rings. The first kappa shape index (κ1) is 20.6. The van der Waals surface area contributed by atoms with Crippen LogP contribution in [0, 0.1) is 11.7 Å². The highest BCUT2D eigenvalue weighted by Gasteiger charge is 2.37. The molecule has 158 valence electrons. The van der Waals surface area contributed by atoms with Gasteiger partial charge in [0.1, 0.15) is 5.82 Å². The van der Waals surface area contributed by atoms with Crippen molar-refractivity contribution in [3.05, 3.63) is 76.6 Å². The van der Waals surface area contributed by atoms with Crippen molar-refractivity contribution in [1.82, 2.24) is 4.57 Å². The molecule has 5 rings (SSSR count). The van der Waals surface area contributed by atoms with E-state index in [-0.39, 0.29) is 23.6 Å². The zero-order valence-corrected chi connectivity index (χ0v) is 18.6. The number of hydrogen-bond acceptors (Lipinski definition) is 4. The van der Waals surface area contributed by atoms with Gasteiger partial charge in [-0.05, 0) is 49.1 Å². The third-order valence-corrected chi connectivity index (χ3v) is 7.48. The number of halogens is 1. The fraction of sp³-hybridized carbons (Fsp3) is 0.280. The van der Waals surface area contributed by atoms with Crippen LogP contribution >= 0.6 is 24.0 Å². The Hall–Kier alpha value is -2.28. The second-order valence-corrected chi connectivity index (χ2v) is 9.86. The van der Waals surface area contributed by atoms with Crippen LogP contribution in [-0.2, 0) is 16.1 Å². The number of nitrogens with zero attached hydrogens (tertiary/aromatic N) is 1. The standard InChI is InChI=1S/C25H22FNO2S2/c26-18-6-3-5-16(11-18)14-27-15-17(20-8-1-2-9-22(20)27)12-23-24(28)21(25(30)31-23)13-19-7-4-10-29-19/h1-3,5-6,8-9,11-12,15,19,21H,4,7,10,13-14H2/b23-12-/t19-,21+/m0/s1. The van der Waals surface area contributed by atoms with Crippen molar-refractivity contribution in [2.24, 2.45) is 5.92 Å². The maximum Gasteiger partial charge on any atom is 0.178 e. The van der Waals surface area contributed by atoms with Gasteiger partial charge in [0, 0.05) is 35.8 Å². The van der Waals surface area contributed by atoms with Gasteiger partial charge in [-0.3, -0.25) is 4.79 Å². The van der Waals surface area contributed by atoms with Crippen molar-refractivity contribution < 1.29 is 13.9 Å². The van der Waals surface area contributed by atoms with Crippen molar-refractivity contribution in [2.45, 2.75) is 31.9 Å². The maximum atomic E-state index is 13.6. The van der Waals surface area contributed by atoms with Gasteiger partial charge >= 0.3 is 0 Å². The van der Waals surface area contributed by atoms with Crippen LogP contribution < -0.4 is 0 Å². The highest BCUT2D eigenvalue weighted by molar-refractivity contribution is 8.27. The molecule has 3 aromatic rings. The van der Waals surface area contributed by atoms with Gasteiger partial charge in [0.2, 0.25) is 0 Å². The van der Waals surface area contributed by atoms with Crippen LogP contribution in [0.25, 0.3) is 17.0 Å². The molecule has 0 spiro atoms. The van der Waals surface area contributed by atoms with E-state index in [0.29, 0.717) is 17.9 Å². The molecule has 2 saturated heterocycles. The molecule has 3 nitrogen and oxygen atoms in total. The van der Waals surface area contributed by atoms with Crippen molar-refractivity contribution in [2.75, 3.05) is 6.61 Å².